The van der Waals surface area contributed by atoms with Gasteiger partial charge in [-0.3, -0.25) is 4.79 Å². The van der Waals surface area contributed by atoms with E-state index >= 15 is 0 Å². The molecule has 1 aromatic carbocycles. The van der Waals surface area contributed by atoms with Gasteiger partial charge < -0.3 is 14.1 Å². The van der Waals surface area contributed by atoms with E-state index < -0.39 is 12.1 Å². The number of furan rings is 1. The number of ether oxygens (including phenoxy) is 1. The van der Waals surface area contributed by atoms with Gasteiger partial charge >= 0.3 is 5.97 Å². The minimum atomic E-state index is -0.842. The lowest BCUT2D eigenvalue weighted by atomic mass is 10.1. The molecule has 0 radical (unpaired) electrons. The number of esters is 1. The Morgan fingerprint density at radius 2 is 1.90 bits per heavy atom. The van der Waals surface area contributed by atoms with Gasteiger partial charge in [0.2, 0.25) is 5.76 Å². The molecule has 1 atom stereocenters. The zero-order valence-electron chi connectivity index (χ0n) is 12.0. The van der Waals surface area contributed by atoms with Crippen LogP contribution in [0.25, 0.3) is 11.0 Å². The van der Waals surface area contributed by atoms with Crippen molar-refractivity contribution in [3.8, 4) is 0 Å². The monoisotopic (exact) mass is 275 g/mol. The quantitative estimate of drug-likeness (QED) is 0.807. The van der Waals surface area contributed by atoms with Crippen LogP contribution in [0.15, 0.2) is 28.7 Å². The van der Waals surface area contributed by atoms with Gasteiger partial charge in [-0.25, -0.2) is 4.79 Å². The van der Waals surface area contributed by atoms with Gasteiger partial charge in [0.1, 0.15) is 5.58 Å². The molecule has 0 saturated heterocycles. The van der Waals surface area contributed by atoms with E-state index in [-0.39, 0.29) is 11.7 Å². The van der Waals surface area contributed by atoms with E-state index in [1.165, 1.54) is 11.8 Å². The first kappa shape index (κ1) is 14.1. The maximum Gasteiger partial charge on any atom is 0.375 e. The summed E-state index contributed by atoms with van der Waals surface area (Å²) in [6.45, 7) is 3.33. The number of likely N-dealkylation sites (N-methyl/N-ethyl adjacent to an activating group) is 1. The summed E-state index contributed by atoms with van der Waals surface area (Å²) in [5, 5.41) is 0.867. The molecule has 5 heteroatoms. The highest BCUT2D eigenvalue weighted by atomic mass is 16.6. The van der Waals surface area contributed by atoms with Gasteiger partial charge in [-0.2, -0.15) is 0 Å². The first-order valence-corrected chi connectivity index (χ1v) is 6.32. The van der Waals surface area contributed by atoms with Crippen molar-refractivity contribution >= 4 is 22.8 Å². The Bertz CT molecular complexity index is 657. The number of carbonyl (C=O) groups excluding carboxylic acids is 2. The molecule has 0 N–H and O–H groups in total. The molecule has 2 rings (SSSR count). The van der Waals surface area contributed by atoms with E-state index in [0.717, 1.165) is 10.9 Å². The first-order chi connectivity index (χ1) is 9.41. The lowest BCUT2D eigenvalue weighted by Crippen LogP contribution is -2.34. The van der Waals surface area contributed by atoms with Crippen LogP contribution in [0.1, 0.15) is 23.0 Å². The summed E-state index contributed by atoms with van der Waals surface area (Å²) >= 11 is 0. The SMILES string of the molecule is Cc1c(C(=O)O[C@@H](C)C(=O)N(C)C)oc2ccccc12. The molecule has 0 aliphatic heterocycles. The maximum atomic E-state index is 12.1. The number of para-hydroxylation sites is 1. The summed E-state index contributed by atoms with van der Waals surface area (Å²) in [6, 6.07) is 7.36. The van der Waals surface area contributed by atoms with Gasteiger partial charge in [0.25, 0.3) is 5.91 Å². The summed E-state index contributed by atoms with van der Waals surface area (Å²) < 4.78 is 10.6. The molecule has 0 unspecified atom stereocenters. The third-order valence-electron chi connectivity index (χ3n) is 3.10. The minimum Gasteiger partial charge on any atom is -0.449 e. The molecule has 0 bridgehead atoms. The predicted octanol–water partition coefficient (Wildman–Crippen LogP) is 2.37. The number of aryl methyl sites for hydroxylation is 1. The molecule has 0 aliphatic rings. The van der Waals surface area contributed by atoms with Crippen molar-refractivity contribution < 1.29 is 18.7 Å². The minimum absolute atomic E-state index is 0.143. The van der Waals surface area contributed by atoms with Crippen molar-refractivity contribution in [2.45, 2.75) is 20.0 Å². The molecule has 0 aliphatic carbocycles. The third kappa shape index (κ3) is 2.52. The number of benzene rings is 1. The lowest BCUT2D eigenvalue weighted by molar-refractivity contribution is -0.137. The molecule has 1 heterocycles. The van der Waals surface area contributed by atoms with Crippen LogP contribution >= 0.6 is 0 Å². The van der Waals surface area contributed by atoms with Crippen LogP contribution in [0.3, 0.4) is 0 Å². The number of carbonyl (C=O) groups is 2. The average Bonchev–Trinajstić information content (AvgIpc) is 2.75. The van der Waals surface area contributed by atoms with E-state index in [9.17, 15) is 9.59 Å². The standard InChI is InChI=1S/C15H17NO4/c1-9-11-7-5-6-8-12(11)20-13(9)15(18)19-10(2)14(17)16(3)4/h5-8,10H,1-4H3/t10-/m0/s1. The van der Waals surface area contributed by atoms with E-state index in [0.29, 0.717) is 5.58 Å². The van der Waals surface area contributed by atoms with Crippen molar-refractivity contribution in [2.75, 3.05) is 14.1 Å². The number of rotatable bonds is 3. The molecule has 20 heavy (non-hydrogen) atoms. The van der Waals surface area contributed by atoms with Crippen LogP contribution in [-0.4, -0.2) is 37.0 Å². The van der Waals surface area contributed by atoms with Crippen molar-refractivity contribution in [1.82, 2.24) is 4.90 Å². The average molecular weight is 275 g/mol. The van der Waals surface area contributed by atoms with E-state index in [4.69, 9.17) is 9.15 Å². The van der Waals surface area contributed by atoms with Crippen molar-refractivity contribution in [3.63, 3.8) is 0 Å². The third-order valence-corrected chi connectivity index (χ3v) is 3.10. The number of hydrogen-bond donors (Lipinski definition) is 0. The van der Waals surface area contributed by atoms with E-state index in [2.05, 4.69) is 0 Å². The zero-order chi connectivity index (χ0) is 14.9. The fourth-order valence-electron chi connectivity index (χ4n) is 2.00. The summed E-state index contributed by atoms with van der Waals surface area (Å²) in [7, 11) is 3.22. The van der Waals surface area contributed by atoms with Crippen LogP contribution in [0.5, 0.6) is 0 Å². The number of fused-ring (bicyclic) bond motifs is 1. The normalized spacial score (nSPS) is 12.2. The molecule has 0 saturated carbocycles. The lowest BCUT2D eigenvalue weighted by Gasteiger charge is -2.16. The van der Waals surface area contributed by atoms with Crippen LogP contribution < -0.4 is 0 Å². The van der Waals surface area contributed by atoms with Crippen molar-refractivity contribution in [2.24, 2.45) is 0 Å². The topological polar surface area (TPSA) is 59.8 Å². The van der Waals surface area contributed by atoms with Gasteiger partial charge in [-0.1, -0.05) is 18.2 Å². The Balaban J connectivity index is 2.24. The van der Waals surface area contributed by atoms with Crippen LogP contribution in [-0.2, 0) is 9.53 Å². The summed E-state index contributed by atoms with van der Waals surface area (Å²) in [4.78, 5) is 25.1. The molecule has 1 amide bonds. The molecule has 106 valence electrons. The summed E-state index contributed by atoms with van der Waals surface area (Å²) in [5.74, 6) is -0.752. The fraction of sp³-hybridized carbons (Fsp3) is 0.333. The van der Waals surface area contributed by atoms with Gasteiger partial charge in [-0.15, -0.1) is 0 Å². The van der Waals surface area contributed by atoms with Crippen molar-refractivity contribution in [3.05, 3.63) is 35.6 Å². The largest absolute Gasteiger partial charge is 0.449 e. The smallest absolute Gasteiger partial charge is 0.375 e. The van der Waals surface area contributed by atoms with Gasteiger partial charge in [0.05, 0.1) is 0 Å². The fourth-order valence-corrected chi connectivity index (χ4v) is 2.00. The van der Waals surface area contributed by atoms with Crippen molar-refractivity contribution in [1.29, 1.82) is 0 Å². The van der Waals surface area contributed by atoms with E-state index in [1.807, 2.05) is 18.2 Å². The Kier molecular flexibility index (Phi) is 3.79. The Morgan fingerprint density at radius 3 is 2.50 bits per heavy atom. The van der Waals surface area contributed by atoms with Gasteiger partial charge in [-0.05, 0) is 19.9 Å². The molecule has 0 spiro atoms. The second-order valence-electron chi connectivity index (χ2n) is 4.83. The first-order valence-electron chi connectivity index (χ1n) is 6.32. The predicted molar refractivity (Wildman–Crippen MR) is 74.5 cm³/mol. The maximum absolute atomic E-state index is 12.1. The number of hydrogen-bond acceptors (Lipinski definition) is 4. The Labute approximate surface area is 117 Å². The highest BCUT2D eigenvalue weighted by Crippen LogP contribution is 2.25. The summed E-state index contributed by atoms with van der Waals surface area (Å²) in [5.41, 5.74) is 1.35. The second kappa shape index (κ2) is 5.36. The van der Waals surface area contributed by atoms with Crippen LogP contribution in [0, 0.1) is 6.92 Å². The van der Waals surface area contributed by atoms with Gasteiger partial charge in [0.15, 0.2) is 6.10 Å². The Hall–Kier alpha value is -2.30. The molecule has 2 aromatic rings. The van der Waals surface area contributed by atoms with E-state index in [1.54, 1.807) is 27.1 Å². The number of nitrogens with zero attached hydrogens (tertiary/aromatic N) is 1. The zero-order valence-corrected chi connectivity index (χ0v) is 12.0. The molecule has 1 aromatic heterocycles. The molecular weight excluding hydrogens is 258 g/mol. The number of amides is 1. The highest BCUT2D eigenvalue weighted by Gasteiger charge is 2.24. The van der Waals surface area contributed by atoms with Crippen LogP contribution in [0.2, 0.25) is 0 Å². The highest BCUT2D eigenvalue weighted by molar-refractivity contribution is 5.97. The van der Waals surface area contributed by atoms with Crippen LogP contribution in [0.4, 0.5) is 0 Å². The second-order valence-corrected chi connectivity index (χ2v) is 4.83. The molecule has 0 fully saturated rings. The Morgan fingerprint density at radius 1 is 1.25 bits per heavy atom. The summed E-state index contributed by atoms with van der Waals surface area (Å²) in [6.07, 6.45) is -0.842. The molecular formula is C15H17NO4. The molecule has 5 nitrogen and oxygen atoms in total. The van der Waals surface area contributed by atoms with Gasteiger partial charge in [0, 0.05) is 25.0 Å².